The van der Waals surface area contributed by atoms with Crippen molar-refractivity contribution in [2.75, 3.05) is 19.6 Å². The van der Waals surface area contributed by atoms with Crippen LogP contribution in [0.2, 0.25) is 5.02 Å². The van der Waals surface area contributed by atoms with Gasteiger partial charge in [-0.2, -0.15) is 4.31 Å². The smallest absolute Gasteiger partial charge is 0.252 e. The highest BCUT2D eigenvalue weighted by Gasteiger charge is 2.24. The normalized spacial score (nSPS) is 13.2. The first-order valence-corrected chi connectivity index (χ1v) is 10.8. The number of benzene rings is 1. The van der Waals surface area contributed by atoms with Gasteiger partial charge < -0.3 is 10.4 Å². The molecule has 1 atom stereocenters. The number of carbonyl (C=O) groups excluding carboxylic acids is 1. The minimum absolute atomic E-state index is 0.0243. The van der Waals surface area contributed by atoms with E-state index in [1.54, 1.807) is 13.8 Å². The van der Waals surface area contributed by atoms with Gasteiger partial charge in [-0.3, -0.25) is 4.79 Å². The predicted octanol–water partition coefficient (Wildman–Crippen LogP) is 2.90. The van der Waals surface area contributed by atoms with E-state index in [4.69, 9.17) is 11.6 Å². The molecule has 0 spiro atoms. The van der Waals surface area contributed by atoms with E-state index >= 15 is 0 Å². The number of hydrogen-bond acceptors (Lipinski definition) is 4. The van der Waals surface area contributed by atoms with Crippen molar-refractivity contribution in [3.8, 4) is 0 Å². The molecule has 0 saturated carbocycles. The topological polar surface area (TPSA) is 86.7 Å². The second kappa shape index (κ2) is 10.3. The predicted molar refractivity (Wildman–Crippen MR) is 104 cm³/mol. The first kappa shape index (κ1) is 22.9. The Bertz CT molecular complexity index is 701. The summed E-state index contributed by atoms with van der Waals surface area (Å²) in [4.78, 5) is 12.5. The molecule has 1 amide bonds. The highest BCUT2D eigenvalue weighted by Crippen LogP contribution is 2.23. The lowest BCUT2D eigenvalue weighted by molar-refractivity contribution is 0.0816. The number of carbonyl (C=O) groups is 1. The zero-order valence-corrected chi connectivity index (χ0v) is 17.4. The van der Waals surface area contributed by atoms with Crippen LogP contribution in [-0.4, -0.2) is 49.5 Å². The van der Waals surface area contributed by atoms with Crippen LogP contribution in [0.4, 0.5) is 0 Å². The van der Waals surface area contributed by atoms with Crippen molar-refractivity contribution in [3.05, 3.63) is 28.8 Å². The fraction of sp³-hybridized carbons (Fsp3) is 0.611. The lowest BCUT2D eigenvalue weighted by atomic mass is 9.96. The average Bonchev–Trinajstić information content (AvgIpc) is 2.61. The number of sulfonamides is 1. The molecule has 0 saturated heterocycles. The zero-order valence-electron chi connectivity index (χ0n) is 15.8. The summed E-state index contributed by atoms with van der Waals surface area (Å²) in [6.45, 7) is 8.24. The minimum Gasteiger partial charge on any atom is -0.391 e. The van der Waals surface area contributed by atoms with Crippen LogP contribution < -0.4 is 5.32 Å². The molecule has 0 aliphatic carbocycles. The number of nitrogens with zero attached hydrogens (tertiary/aromatic N) is 1. The fourth-order valence-corrected chi connectivity index (χ4v) is 4.53. The molecule has 1 rings (SSSR count). The number of aliphatic hydroxyl groups excluding tert-OH is 1. The Labute approximate surface area is 161 Å². The van der Waals surface area contributed by atoms with Crippen LogP contribution in [0.3, 0.4) is 0 Å². The lowest BCUT2D eigenvalue weighted by Gasteiger charge is -2.21. The molecule has 8 heteroatoms. The SMILES string of the molecule is CCC(CC)C(O)CNC(=O)c1cc(S(=O)(=O)N(CC)CC)ccc1Cl. The molecule has 6 nitrogen and oxygen atoms in total. The quantitative estimate of drug-likeness (QED) is 0.627. The molecule has 2 N–H and O–H groups in total. The van der Waals surface area contributed by atoms with E-state index in [2.05, 4.69) is 5.32 Å². The van der Waals surface area contributed by atoms with Gasteiger partial charge in [-0.05, 0) is 24.1 Å². The van der Waals surface area contributed by atoms with Gasteiger partial charge in [-0.1, -0.05) is 52.1 Å². The Kier molecular flexibility index (Phi) is 9.03. The molecule has 0 aliphatic heterocycles. The first-order chi connectivity index (χ1) is 12.2. The van der Waals surface area contributed by atoms with Gasteiger partial charge in [0.25, 0.3) is 5.91 Å². The molecule has 0 radical (unpaired) electrons. The number of amides is 1. The van der Waals surface area contributed by atoms with Crippen molar-refractivity contribution in [1.82, 2.24) is 9.62 Å². The number of nitrogens with one attached hydrogen (secondary N) is 1. The third kappa shape index (κ3) is 5.42. The van der Waals surface area contributed by atoms with Crippen LogP contribution in [0.5, 0.6) is 0 Å². The zero-order chi connectivity index (χ0) is 19.9. The Morgan fingerprint density at radius 2 is 1.77 bits per heavy atom. The van der Waals surface area contributed by atoms with Crippen LogP contribution in [0, 0.1) is 5.92 Å². The van der Waals surface area contributed by atoms with Gasteiger partial charge in [-0.15, -0.1) is 0 Å². The van der Waals surface area contributed by atoms with E-state index < -0.39 is 22.0 Å². The maximum absolute atomic E-state index is 12.6. The standard InChI is InChI=1S/C18H29ClN2O4S/c1-5-13(6-2)17(22)12-20-18(23)15-11-14(9-10-16(15)19)26(24,25)21(7-3)8-4/h9-11,13,17,22H,5-8,12H2,1-4H3,(H,20,23). The maximum Gasteiger partial charge on any atom is 0.252 e. The molecule has 1 aromatic rings. The molecular weight excluding hydrogens is 376 g/mol. The van der Waals surface area contributed by atoms with Crippen molar-refractivity contribution < 1.29 is 18.3 Å². The van der Waals surface area contributed by atoms with Crippen molar-refractivity contribution >= 4 is 27.5 Å². The first-order valence-electron chi connectivity index (χ1n) is 8.98. The summed E-state index contributed by atoms with van der Waals surface area (Å²) in [7, 11) is -3.68. The molecule has 0 bridgehead atoms. The molecule has 26 heavy (non-hydrogen) atoms. The number of halogens is 1. The monoisotopic (exact) mass is 404 g/mol. The van der Waals surface area contributed by atoms with Crippen molar-refractivity contribution in [1.29, 1.82) is 0 Å². The lowest BCUT2D eigenvalue weighted by Crippen LogP contribution is -2.36. The summed E-state index contributed by atoms with van der Waals surface area (Å²) in [6.07, 6.45) is 0.966. The largest absolute Gasteiger partial charge is 0.391 e. The fourth-order valence-electron chi connectivity index (χ4n) is 2.84. The molecule has 0 heterocycles. The van der Waals surface area contributed by atoms with Gasteiger partial charge in [0.15, 0.2) is 0 Å². The van der Waals surface area contributed by atoms with Crippen molar-refractivity contribution in [2.45, 2.75) is 51.5 Å². The third-order valence-corrected chi connectivity index (χ3v) is 6.97. The second-order valence-corrected chi connectivity index (χ2v) is 8.43. The van der Waals surface area contributed by atoms with Crippen molar-refractivity contribution in [2.24, 2.45) is 5.92 Å². The van der Waals surface area contributed by atoms with Gasteiger partial charge in [0.2, 0.25) is 10.0 Å². The summed E-state index contributed by atoms with van der Waals surface area (Å²) < 4.78 is 26.6. The van der Waals surface area contributed by atoms with Crippen LogP contribution in [-0.2, 0) is 10.0 Å². The van der Waals surface area contributed by atoms with Crippen LogP contribution in [0.15, 0.2) is 23.1 Å². The van der Waals surface area contributed by atoms with Crippen LogP contribution in [0.1, 0.15) is 50.9 Å². The van der Waals surface area contributed by atoms with Gasteiger partial charge in [0.1, 0.15) is 0 Å². The molecule has 0 aliphatic rings. The molecule has 148 valence electrons. The van der Waals surface area contributed by atoms with E-state index in [0.717, 1.165) is 12.8 Å². The van der Waals surface area contributed by atoms with Gasteiger partial charge in [-0.25, -0.2) is 8.42 Å². The number of aliphatic hydroxyl groups is 1. The van der Waals surface area contributed by atoms with Gasteiger partial charge in [0, 0.05) is 19.6 Å². The molecule has 0 fully saturated rings. The Morgan fingerprint density at radius 3 is 2.27 bits per heavy atom. The summed E-state index contributed by atoms with van der Waals surface area (Å²) in [5.74, 6) is -0.406. The minimum atomic E-state index is -3.68. The van der Waals surface area contributed by atoms with E-state index in [0.29, 0.717) is 13.1 Å². The Hall–Kier alpha value is -1.15. The van der Waals surface area contributed by atoms with Gasteiger partial charge >= 0.3 is 0 Å². The van der Waals surface area contributed by atoms with Crippen LogP contribution >= 0.6 is 11.6 Å². The molecular formula is C18H29ClN2O4S. The highest BCUT2D eigenvalue weighted by molar-refractivity contribution is 7.89. The molecule has 0 aromatic heterocycles. The van der Waals surface area contributed by atoms with E-state index in [9.17, 15) is 18.3 Å². The Morgan fingerprint density at radius 1 is 1.19 bits per heavy atom. The summed E-state index contributed by atoms with van der Waals surface area (Å²) >= 11 is 6.09. The molecule has 1 unspecified atom stereocenters. The maximum atomic E-state index is 12.6. The van der Waals surface area contributed by atoms with E-state index in [1.807, 2.05) is 13.8 Å². The summed E-state index contributed by atoms with van der Waals surface area (Å²) in [5.41, 5.74) is 0.0802. The van der Waals surface area contributed by atoms with E-state index in [-0.39, 0.29) is 27.9 Å². The van der Waals surface area contributed by atoms with Crippen molar-refractivity contribution in [3.63, 3.8) is 0 Å². The van der Waals surface area contributed by atoms with Gasteiger partial charge in [0.05, 0.1) is 21.6 Å². The van der Waals surface area contributed by atoms with Crippen LogP contribution in [0.25, 0.3) is 0 Å². The Balaban J connectivity index is 3.02. The molecule has 1 aromatic carbocycles. The summed E-state index contributed by atoms with van der Waals surface area (Å²) in [5, 5.41) is 13.0. The van der Waals surface area contributed by atoms with E-state index in [1.165, 1.54) is 22.5 Å². The number of rotatable bonds is 10. The third-order valence-electron chi connectivity index (χ3n) is 4.59. The number of hydrogen-bond donors (Lipinski definition) is 2. The average molecular weight is 405 g/mol. The second-order valence-electron chi connectivity index (χ2n) is 6.08. The highest BCUT2D eigenvalue weighted by atomic mass is 35.5. The summed E-state index contributed by atoms with van der Waals surface area (Å²) in [6, 6.07) is 4.09.